The molecule has 0 aromatic heterocycles. The van der Waals surface area contributed by atoms with Crippen LogP contribution in [0.25, 0.3) is 0 Å². The van der Waals surface area contributed by atoms with Crippen molar-refractivity contribution in [2.75, 3.05) is 26.4 Å². The van der Waals surface area contributed by atoms with Crippen molar-refractivity contribution in [1.29, 1.82) is 0 Å². The summed E-state index contributed by atoms with van der Waals surface area (Å²) in [6, 6.07) is 0. The lowest BCUT2D eigenvalue weighted by atomic mass is 10.1. The molecule has 0 aliphatic heterocycles. The molecule has 0 aliphatic carbocycles. The summed E-state index contributed by atoms with van der Waals surface area (Å²) < 4.78 is 32.8. The summed E-state index contributed by atoms with van der Waals surface area (Å²) in [6.07, 6.45) is 50.0. The van der Waals surface area contributed by atoms with Crippen molar-refractivity contribution >= 4 is 19.8 Å². The normalized spacial score (nSPS) is 13.7. The fraction of sp³-hybridized carbons (Fsp3) is 0.787. The van der Waals surface area contributed by atoms with Crippen LogP contribution in [0.15, 0.2) is 48.6 Å². The maximum Gasteiger partial charge on any atom is 0.472 e. The Morgan fingerprint density at radius 2 is 0.930 bits per heavy atom. The van der Waals surface area contributed by atoms with E-state index in [0.717, 1.165) is 51.4 Å². The van der Waals surface area contributed by atoms with E-state index in [1.807, 2.05) is 0 Å². The molecule has 0 aromatic rings. The van der Waals surface area contributed by atoms with E-state index in [1.54, 1.807) is 0 Å². The number of carbonyl (C=O) groups excluding carboxylic acids is 2. The molecule has 0 spiro atoms. The number of ether oxygens (including phenoxy) is 2. The topological polar surface area (TPSA) is 134 Å². The first-order chi connectivity index (χ1) is 27.8. The van der Waals surface area contributed by atoms with Gasteiger partial charge in [-0.1, -0.05) is 172 Å². The minimum absolute atomic E-state index is 0.0464. The van der Waals surface area contributed by atoms with Gasteiger partial charge in [0.25, 0.3) is 0 Å². The summed E-state index contributed by atoms with van der Waals surface area (Å²) in [5.41, 5.74) is 5.35. The molecule has 1 unspecified atom stereocenters. The number of allylic oxidation sites excluding steroid dienone is 8. The summed E-state index contributed by atoms with van der Waals surface area (Å²) in [7, 11) is -4.39. The highest BCUT2D eigenvalue weighted by atomic mass is 31.2. The average Bonchev–Trinajstić information content (AvgIpc) is 3.20. The standard InChI is InChI=1S/C47H86NO8P/c1-3-5-7-9-11-13-15-17-19-21-22-24-26-28-30-32-34-36-38-40-47(50)56-45(44-55-57(51,52)54-42-41-48)43-53-46(49)39-37-35-33-31-29-27-25-23-20-18-16-14-12-10-8-6-4-2/h11,13,17,19,25,27,31,33,45H,3-10,12,14-16,18,20-24,26,28-30,32,34-44,48H2,1-2H3,(H,51,52)/b13-11+,19-17+,27-25+,33-31+/t45-/m1/s1. The predicted molar refractivity (Wildman–Crippen MR) is 238 cm³/mol. The van der Waals surface area contributed by atoms with Crippen LogP contribution in [0.2, 0.25) is 0 Å². The Kier molecular flexibility index (Phi) is 42.0. The smallest absolute Gasteiger partial charge is 0.462 e. The van der Waals surface area contributed by atoms with Crippen molar-refractivity contribution in [3.63, 3.8) is 0 Å². The number of esters is 2. The van der Waals surface area contributed by atoms with Crippen LogP contribution < -0.4 is 5.73 Å². The van der Waals surface area contributed by atoms with E-state index < -0.39 is 32.5 Å². The van der Waals surface area contributed by atoms with Crippen molar-refractivity contribution in [3.05, 3.63) is 48.6 Å². The largest absolute Gasteiger partial charge is 0.472 e. The molecule has 0 amide bonds. The van der Waals surface area contributed by atoms with Gasteiger partial charge in [-0.2, -0.15) is 0 Å². The Labute approximate surface area is 349 Å². The summed E-state index contributed by atoms with van der Waals surface area (Å²) in [6.45, 7) is 3.67. The van der Waals surface area contributed by atoms with Crippen LogP contribution in [0, 0.1) is 0 Å². The Morgan fingerprint density at radius 3 is 1.42 bits per heavy atom. The van der Waals surface area contributed by atoms with Gasteiger partial charge in [-0.05, 0) is 70.6 Å². The number of unbranched alkanes of at least 4 members (excludes halogenated alkanes) is 22. The molecule has 0 saturated carbocycles. The monoisotopic (exact) mass is 824 g/mol. The fourth-order valence-corrected chi connectivity index (χ4v) is 7.00. The van der Waals surface area contributed by atoms with Crippen LogP contribution in [-0.2, 0) is 32.7 Å². The third kappa shape index (κ3) is 43.4. The van der Waals surface area contributed by atoms with Crippen LogP contribution >= 0.6 is 7.82 Å². The van der Waals surface area contributed by atoms with Crippen LogP contribution in [0.3, 0.4) is 0 Å². The molecule has 0 radical (unpaired) electrons. The Hall–Kier alpha value is -2.03. The van der Waals surface area contributed by atoms with Gasteiger partial charge < -0.3 is 20.1 Å². The molecule has 3 N–H and O–H groups in total. The van der Waals surface area contributed by atoms with Gasteiger partial charge in [0, 0.05) is 19.4 Å². The lowest BCUT2D eigenvalue weighted by molar-refractivity contribution is -0.161. The third-order valence-electron chi connectivity index (χ3n) is 9.69. The number of hydrogen-bond donors (Lipinski definition) is 2. The van der Waals surface area contributed by atoms with Gasteiger partial charge in [-0.3, -0.25) is 18.6 Å². The van der Waals surface area contributed by atoms with Gasteiger partial charge in [0.2, 0.25) is 0 Å². The summed E-state index contributed by atoms with van der Waals surface area (Å²) >= 11 is 0. The van der Waals surface area contributed by atoms with E-state index in [-0.39, 0.29) is 32.6 Å². The van der Waals surface area contributed by atoms with E-state index >= 15 is 0 Å². The zero-order chi connectivity index (χ0) is 41.8. The second-order valence-electron chi connectivity index (χ2n) is 15.3. The van der Waals surface area contributed by atoms with Gasteiger partial charge in [-0.25, -0.2) is 4.57 Å². The molecule has 0 rings (SSSR count). The van der Waals surface area contributed by atoms with Crippen molar-refractivity contribution in [2.45, 2.75) is 213 Å². The molecule has 332 valence electrons. The number of hydrogen-bond acceptors (Lipinski definition) is 8. The third-order valence-corrected chi connectivity index (χ3v) is 10.7. The second kappa shape index (κ2) is 43.5. The molecule has 10 heteroatoms. The van der Waals surface area contributed by atoms with Gasteiger partial charge in [0.05, 0.1) is 13.2 Å². The molecular formula is C47H86NO8P. The highest BCUT2D eigenvalue weighted by molar-refractivity contribution is 7.47. The lowest BCUT2D eigenvalue weighted by Gasteiger charge is -2.19. The number of carbonyl (C=O) groups is 2. The Morgan fingerprint density at radius 1 is 0.526 bits per heavy atom. The summed E-state index contributed by atoms with van der Waals surface area (Å²) in [5, 5.41) is 0. The van der Waals surface area contributed by atoms with Gasteiger partial charge in [-0.15, -0.1) is 0 Å². The zero-order valence-corrected chi connectivity index (χ0v) is 37.5. The molecular weight excluding hydrogens is 737 g/mol. The highest BCUT2D eigenvalue weighted by Gasteiger charge is 2.26. The second-order valence-corrected chi connectivity index (χ2v) is 16.7. The van der Waals surface area contributed by atoms with Crippen LogP contribution in [0.1, 0.15) is 206 Å². The molecule has 2 atom stereocenters. The Bertz CT molecular complexity index is 1080. The first-order valence-corrected chi connectivity index (χ1v) is 24.6. The van der Waals surface area contributed by atoms with Crippen molar-refractivity contribution in [2.24, 2.45) is 5.73 Å². The van der Waals surface area contributed by atoms with Gasteiger partial charge in [0.1, 0.15) is 6.61 Å². The Balaban J connectivity index is 4.18. The molecule has 9 nitrogen and oxygen atoms in total. The SMILES string of the molecule is CCCCC/C=C/C/C=C/CCCCCCCCCCCC(=O)O[C@H](COC(=O)CCC/C=C/C/C=C/CCCCCCCCCCC)COP(=O)(O)OCCN. The van der Waals surface area contributed by atoms with Crippen LogP contribution in [0.4, 0.5) is 0 Å². The molecule has 0 bridgehead atoms. The lowest BCUT2D eigenvalue weighted by Crippen LogP contribution is -2.29. The van der Waals surface area contributed by atoms with E-state index in [9.17, 15) is 19.0 Å². The molecule has 0 heterocycles. The molecule has 0 saturated heterocycles. The van der Waals surface area contributed by atoms with E-state index in [2.05, 4.69) is 62.5 Å². The predicted octanol–water partition coefficient (Wildman–Crippen LogP) is 13.5. The van der Waals surface area contributed by atoms with Crippen molar-refractivity contribution in [3.8, 4) is 0 Å². The van der Waals surface area contributed by atoms with Crippen LogP contribution in [0.5, 0.6) is 0 Å². The first kappa shape index (κ1) is 55.0. The van der Waals surface area contributed by atoms with Crippen molar-refractivity contribution in [1.82, 2.24) is 0 Å². The number of phosphoric acid groups is 1. The number of phosphoric ester groups is 1. The maximum atomic E-state index is 12.6. The molecule has 0 fully saturated rings. The van der Waals surface area contributed by atoms with Gasteiger partial charge >= 0.3 is 19.8 Å². The first-order valence-electron chi connectivity index (χ1n) is 23.1. The molecule has 57 heavy (non-hydrogen) atoms. The minimum atomic E-state index is -4.39. The highest BCUT2D eigenvalue weighted by Crippen LogP contribution is 2.43. The molecule has 0 aromatic carbocycles. The van der Waals surface area contributed by atoms with Gasteiger partial charge in [0.15, 0.2) is 6.10 Å². The number of rotatable bonds is 43. The fourth-order valence-electron chi connectivity index (χ4n) is 6.23. The minimum Gasteiger partial charge on any atom is -0.462 e. The van der Waals surface area contributed by atoms with Crippen LogP contribution in [-0.4, -0.2) is 49.3 Å². The molecule has 0 aliphatic rings. The van der Waals surface area contributed by atoms with E-state index in [4.69, 9.17) is 24.3 Å². The summed E-state index contributed by atoms with van der Waals surface area (Å²) in [5.74, 6) is -0.884. The zero-order valence-electron chi connectivity index (χ0n) is 36.6. The number of nitrogens with two attached hydrogens (primary N) is 1. The summed E-state index contributed by atoms with van der Waals surface area (Å²) in [4.78, 5) is 34.9. The maximum absolute atomic E-state index is 12.6. The van der Waals surface area contributed by atoms with E-state index in [0.29, 0.717) is 12.8 Å². The van der Waals surface area contributed by atoms with Crippen molar-refractivity contribution < 1.29 is 37.6 Å². The average molecular weight is 824 g/mol. The quantitative estimate of drug-likeness (QED) is 0.0267. The van der Waals surface area contributed by atoms with E-state index in [1.165, 1.54) is 116 Å².